The number of hydrogen-bond donors (Lipinski definition) is 0. The Morgan fingerprint density at radius 3 is 1.16 bits per heavy atom. The van der Waals surface area contributed by atoms with E-state index >= 15 is 0 Å². The number of halogens is 1. The van der Waals surface area contributed by atoms with E-state index in [4.69, 9.17) is 46.9 Å². The average Bonchev–Trinajstić information content (AvgIpc) is 3.72. The molecule has 0 spiro atoms. The lowest BCUT2D eigenvalue weighted by molar-refractivity contribution is -0.0330. The van der Waals surface area contributed by atoms with Gasteiger partial charge in [-0.05, 0) is 117 Å². The van der Waals surface area contributed by atoms with Crippen LogP contribution in [0.4, 0.5) is 0 Å². The molecule has 0 amide bonds. The Hall–Kier alpha value is -2.85. The van der Waals surface area contributed by atoms with Gasteiger partial charge in [0.15, 0.2) is 0 Å². The lowest BCUT2D eigenvalue weighted by atomic mass is 9.49. The first-order valence-corrected chi connectivity index (χ1v) is 23.0. The Labute approximate surface area is 393 Å². The van der Waals surface area contributed by atoms with Crippen LogP contribution in [0.15, 0.2) is 114 Å². The highest BCUT2D eigenvalue weighted by Crippen LogP contribution is 2.43. The maximum atomic E-state index is 6.31. The third-order valence-electron chi connectivity index (χ3n) is 13.3. The number of rotatable bonds is 14. The molecule has 64 heavy (non-hydrogen) atoms. The van der Waals surface area contributed by atoms with Crippen LogP contribution in [0.1, 0.15) is 117 Å². The first-order valence-electron chi connectivity index (χ1n) is 22.2. The Morgan fingerprint density at radius 1 is 0.438 bits per heavy atom. The fraction of sp³-hybridized carbons (Fsp3) is 0.520. The normalized spacial score (nSPS) is 20.8. The van der Waals surface area contributed by atoms with Crippen LogP contribution in [0.5, 0.6) is 0 Å². The third kappa shape index (κ3) is 12.6. The van der Waals surface area contributed by atoms with Gasteiger partial charge >= 0.3 is 21.1 Å². The topological polar surface area (TPSA) is 92.3 Å². The van der Waals surface area contributed by atoms with Gasteiger partial charge in [0.05, 0.1) is 46.8 Å². The number of hydrogen-bond acceptors (Lipinski definition) is 10. The van der Waals surface area contributed by atoms with Crippen molar-refractivity contribution in [2.45, 2.75) is 129 Å². The van der Waals surface area contributed by atoms with Crippen LogP contribution in [0.25, 0.3) is 0 Å². The number of methoxy groups -OCH3 is 2. The summed E-state index contributed by atoms with van der Waals surface area (Å²) < 4.78 is 58.9. The molecule has 3 saturated heterocycles. The van der Waals surface area contributed by atoms with Crippen molar-refractivity contribution in [1.29, 1.82) is 0 Å². The van der Waals surface area contributed by atoms with Gasteiger partial charge in [0, 0.05) is 30.5 Å². The lowest BCUT2D eigenvalue weighted by Gasteiger charge is -2.32. The van der Waals surface area contributed by atoms with E-state index in [1.165, 1.54) is 16.7 Å². The van der Waals surface area contributed by atoms with Crippen molar-refractivity contribution < 1.29 is 46.9 Å². The fourth-order valence-corrected chi connectivity index (χ4v) is 7.93. The summed E-state index contributed by atoms with van der Waals surface area (Å²) in [5, 5.41) is 0. The SMILES string of the molecule is CC1(C)OB(B2OC(C)(C)C(C)(C)O2)OC1(C)C.COCOCC(c1ccccc1)c1ccccc1B1OC(C)(C)C(C)(C)O1.COCOCC(c1ccccc1)c1ccccc1Br. The second kappa shape index (κ2) is 21.8. The molecule has 3 fully saturated rings. The quantitative estimate of drug-likeness (QED) is 0.0691. The Balaban J connectivity index is 0.000000186. The van der Waals surface area contributed by atoms with Gasteiger partial charge in [-0.1, -0.05) is 119 Å². The second-order valence-electron chi connectivity index (χ2n) is 19.5. The van der Waals surface area contributed by atoms with Crippen LogP contribution in [0.3, 0.4) is 0 Å². The smallest absolute Gasteiger partial charge is 0.405 e. The highest BCUT2D eigenvalue weighted by Gasteiger charge is 2.63. The van der Waals surface area contributed by atoms with Crippen LogP contribution in [-0.4, -0.2) is 95.8 Å². The Bertz CT molecular complexity index is 1970. The zero-order valence-electron chi connectivity index (χ0n) is 40.6. The summed E-state index contributed by atoms with van der Waals surface area (Å²) in [4.78, 5) is 0. The third-order valence-corrected chi connectivity index (χ3v) is 14.0. The van der Waals surface area contributed by atoms with E-state index in [-0.39, 0.29) is 52.2 Å². The first kappa shape index (κ1) is 52.1. The summed E-state index contributed by atoms with van der Waals surface area (Å²) in [7, 11) is 1.91. The van der Waals surface area contributed by atoms with E-state index in [0.717, 1.165) is 15.5 Å². The van der Waals surface area contributed by atoms with Crippen LogP contribution in [0.2, 0.25) is 0 Å². The summed E-state index contributed by atoms with van der Waals surface area (Å²) >= 11 is 3.62. The first-order chi connectivity index (χ1) is 30.1. The van der Waals surface area contributed by atoms with Gasteiger partial charge in [-0.2, -0.15) is 0 Å². The molecule has 3 aliphatic heterocycles. The van der Waals surface area contributed by atoms with Gasteiger partial charge in [0.2, 0.25) is 0 Å². The van der Waals surface area contributed by atoms with E-state index in [1.807, 2.05) is 85.7 Å². The number of benzene rings is 4. The predicted octanol–water partition coefficient (Wildman–Crippen LogP) is 10.2. The van der Waals surface area contributed by atoms with Crippen molar-refractivity contribution in [3.05, 3.63) is 136 Å². The van der Waals surface area contributed by atoms with Gasteiger partial charge in [-0.25, -0.2) is 0 Å². The molecular weight excluding hydrogens is 873 g/mol. The van der Waals surface area contributed by atoms with Gasteiger partial charge in [-0.15, -0.1) is 0 Å². The van der Waals surface area contributed by atoms with Crippen molar-refractivity contribution >= 4 is 42.5 Å². The predicted molar refractivity (Wildman–Crippen MR) is 261 cm³/mol. The molecule has 3 heterocycles. The molecule has 4 aromatic rings. The highest BCUT2D eigenvalue weighted by atomic mass is 79.9. The van der Waals surface area contributed by atoms with Gasteiger partial charge in [0.25, 0.3) is 0 Å². The molecule has 3 aliphatic rings. The molecule has 7 rings (SSSR count). The van der Waals surface area contributed by atoms with Crippen molar-refractivity contribution in [2.75, 3.05) is 41.0 Å². The summed E-state index contributed by atoms with van der Waals surface area (Å²) in [6.45, 7) is 26.2. The minimum Gasteiger partial charge on any atom is -0.405 e. The van der Waals surface area contributed by atoms with E-state index in [2.05, 4.69) is 122 Å². The molecule has 14 heteroatoms. The monoisotopic (exact) mass is 942 g/mol. The van der Waals surface area contributed by atoms with E-state index in [0.29, 0.717) is 20.0 Å². The zero-order valence-corrected chi connectivity index (χ0v) is 42.2. The zero-order chi connectivity index (χ0) is 47.0. The van der Waals surface area contributed by atoms with Crippen molar-refractivity contribution in [1.82, 2.24) is 0 Å². The summed E-state index contributed by atoms with van der Waals surface area (Å²) in [6, 6.07) is 37.3. The highest BCUT2D eigenvalue weighted by molar-refractivity contribution is 9.10. The van der Waals surface area contributed by atoms with Crippen LogP contribution in [0, 0.1) is 0 Å². The molecule has 10 nitrogen and oxygen atoms in total. The van der Waals surface area contributed by atoms with Crippen molar-refractivity contribution in [3.8, 4) is 0 Å². The summed E-state index contributed by atoms with van der Waals surface area (Å²) in [5.41, 5.74) is 3.67. The molecule has 346 valence electrons. The molecule has 2 atom stereocenters. The van der Waals surface area contributed by atoms with Crippen molar-refractivity contribution in [2.24, 2.45) is 0 Å². The molecule has 0 radical (unpaired) electrons. The number of ether oxygens (including phenoxy) is 4. The molecular formula is C50H70B3BrO10. The minimum absolute atomic E-state index is 0.0663. The average molecular weight is 943 g/mol. The Morgan fingerprint density at radius 2 is 0.766 bits per heavy atom. The fourth-order valence-electron chi connectivity index (χ4n) is 7.37. The molecule has 4 aromatic carbocycles. The van der Waals surface area contributed by atoms with Crippen LogP contribution >= 0.6 is 15.9 Å². The molecule has 2 unspecified atom stereocenters. The summed E-state index contributed by atoms with van der Waals surface area (Å²) in [6.07, 6.45) is 0. The minimum atomic E-state index is -0.476. The van der Waals surface area contributed by atoms with E-state index < -0.39 is 21.1 Å². The maximum absolute atomic E-state index is 6.31. The molecule has 0 aromatic heterocycles. The van der Waals surface area contributed by atoms with Gasteiger partial charge < -0.3 is 46.9 Å². The molecule has 0 saturated carbocycles. The molecule has 0 bridgehead atoms. The summed E-state index contributed by atoms with van der Waals surface area (Å²) in [5.74, 6) is 0.267. The van der Waals surface area contributed by atoms with E-state index in [1.54, 1.807) is 14.2 Å². The van der Waals surface area contributed by atoms with E-state index in [9.17, 15) is 0 Å². The van der Waals surface area contributed by atoms with Crippen LogP contribution in [-0.2, 0) is 46.9 Å². The second-order valence-corrected chi connectivity index (χ2v) is 20.3. The standard InChI is InChI=1S/C22H29BO4.C16H17BrO2.C12H24B2O4/c1-21(2)22(3,4)27-23(26-21)20-14-10-9-13-18(20)19(15-25-16-24-5)17-11-7-6-8-12-17;1-18-12-19-11-15(13-7-3-2-4-8-13)14-9-5-6-10-16(14)17;1-9(2)10(3,4)16-13(15-9)14-17-11(5,6)12(7,8)18-14/h6-14,19H,15-16H2,1-5H3;2-10,15H,11-12H2,1H3;1-8H3. The molecule has 0 N–H and O–H groups in total. The largest absolute Gasteiger partial charge is 0.495 e. The van der Waals surface area contributed by atoms with Gasteiger partial charge in [-0.3, -0.25) is 0 Å². The lowest BCUT2D eigenvalue weighted by Crippen LogP contribution is -2.41. The maximum Gasteiger partial charge on any atom is 0.495 e. The Kier molecular flexibility index (Phi) is 17.8. The van der Waals surface area contributed by atoms with Gasteiger partial charge in [0.1, 0.15) is 13.6 Å². The van der Waals surface area contributed by atoms with Crippen molar-refractivity contribution in [3.63, 3.8) is 0 Å². The molecule has 0 aliphatic carbocycles. The van der Waals surface area contributed by atoms with Crippen LogP contribution < -0.4 is 5.46 Å².